The number of hydrazine groups is 2. The van der Waals surface area contributed by atoms with Crippen LogP contribution in [0.5, 0.6) is 0 Å². The van der Waals surface area contributed by atoms with Crippen molar-refractivity contribution in [1.82, 2.24) is 0 Å². The molecule has 0 saturated heterocycles. The van der Waals surface area contributed by atoms with Crippen LogP contribution in [0.3, 0.4) is 0 Å². The van der Waals surface area contributed by atoms with E-state index in [0.717, 1.165) is 53.6 Å². The molecule has 194 valence electrons. The highest BCUT2D eigenvalue weighted by atomic mass is 32.2. The van der Waals surface area contributed by atoms with Crippen molar-refractivity contribution < 1.29 is 36.5 Å². The molecular weight excluding hydrogens is 540 g/mol. The molecule has 3 aromatic carbocycles. The molecule has 0 fully saturated rings. The highest BCUT2D eigenvalue weighted by Crippen LogP contribution is 2.31. The maximum Gasteiger partial charge on any atom is 0.296 e. The van der Waals surface area contributed by atoms with E-state index in [9.17, 15) is 52.1 Å². The Morgan fingerprint density at radius 3 is 1.76 bits per heavy atom. The van der Waals surface area contributed by atoms with Crippen molar-refractivity contribution >= 4 is 55.3 Å². The first-order chi connectivity index (χ1) is 17.3. The highest BCUT2D eigenvalue weighted by Gasteiger charge is 2.23. The molecule has 1 unspecified atom stereocenters. The Hall–Kier alpha value is -4.72. The van der Waals surface area contributed by atoms with Gasteiger partial charge in [0.15, 0.2) is 11.1 Å². The first-order valence-corrected chi connectivity index (χ1v) is 12.1. The normalized spacial score (nSPS) is 11.8. The van der Waals surface area contributed by atoms with Crippen LogP contribution in [0.25, 0.3) is 0 Å². The Kier molecular flexibility index (Phi) is 7.62. The van der Waals surface area contributed by atoms with E-state index in [0.29, 0.717) is 0 Å². The lowest BCUT2D eigenvalue weighted by Crippen LogP contribution is -2.36. The van der Waals surface area contributed by atoms with Crippen molar-refractivity contribution in [2.24, 2.45) is 0 Å². The molecule has 4 N–H and O–H groups in total. The molecule has 0 radical (unpaired) electrons. The number of hydrogen-bond acceptors (Lipinski definition) is 12. The lowest BCUT2D eigenvalue weighted by Gasteiger charge is -2.28. The van der Waals surface area contributed by atoms with Crippen molar-refractivity contribution in [3.05, 3.63) is 91.0 Å². The first-order valence-electron chi connectivity index (χ1n) is 9.51. The zero-order valence-electron chi connectivity index (χ0n) is 17.9. The van der Waals surface area contributed by atoms with Crippen molar-refractivity contribution in [3.8, 4) is 0 Å². The van der Waals surface area contributed by atoms with E-state index in [1.165, 1.54) is 12.1 Å². The maximum atomic E-state index is 11.9. The second-order valence-corrected chi connectivity index (χ2v) is 9.26. The van der Waals surface area contributed by atoms with E-state index in [1.807, 2.05) is 0 Å². The molecule has 17 nitrogen and oxygen atoms in total. The van der Waals surface area contributed by atoms with E-state index >= 15 is 0 Å². The third kappa shape index (κ3) is 6.29. The largest absolute Gasteiger partial charge is 0.302 e. The van der Waals surface area contributed by atoms with Gasteiger partial charge < -0.3 is 4.55 Å². The van der Waals surface area contributed by atoms with Gasteiger partial charge in [0, 0.05) is 36.4 Å². The minimum absolute atomic E-state index is 0.00594. The van der Waals surface area contributed by atoms with Crippen LogP contribution in [0.2, 0.25) is 0 Å². The van der Waals surface area contributed by atoms with E-state index < -0.39 is 62.8 Å². The molecule has 0 amide bonds. The summed E-state index contributed by atoms with van der Waals surface area (Å²) in [6, 6.07) is 9.64. The van der Waals surface area contributed by atoms with E-state index in [2.05, 4.69) is 10.9 Å². The average Bonchev–Trinajstić information content (AvgIpc) is 2.82. The third-order valence-electron chi connectivity index (χ3n) is 4.60. The fourth-order valence-electron chi connectivity index (χ4n) is 2.93. The van der Waals surface area contributed by atoms with Crippen LogP contribution in [0.4, 0.5) is 34.1 Å². The predicted octanol–water partition coefficient (Wildman–Crippen LogP) is 3.10. The van der Waals surface area contributed by atoms with Crippen LogP contribution in [-0.4, -0.2) is 36.5 Å². The van der Waals surface area contributed by atoms with Gasteiger partial charge in [-0.25, -0.2) is 4.21 Å². The quantitative estimate of drug-likeness (QED) is 0.122. The van der Waals surface area contributed by atoms with E-state index in [-0.39, 0.29) is 17.1 Å². The van der Waals surface area contributed by atoms with Crippen LogP contribution in [-0.2, 0) is 21.2 Å². The summed E-state index contributed by atoms with van der Waals surface area (Å²) in [6.45, 7) is 0. The zero-order valence-corrected chi connectivity index (χ0v) is 19.6. The predicted molar refractivity (Wildman–Crippen MR) is 128 cm³/mol. The first kappa shape index (κ1) is 26.9. The van der Waals surface area contributed by atoms with Crippen LogP contribution in [0.15, 0.2) is 70.5 Å². The third-order valence-corrected chi connectivity index (χ3v) is 6.23. The zero-order chi connectivity index (χ0) is 27.5. The Morgan fingerprint density at radius 1 is 0.757 bits per heavy atom. The van der Waals surface area contributed by atoms with Gasteiger partial charge in [0.2, 0.25) is 0 Å². The molecule has 0 aliphatic heterocycles. The SMILES string of the molecule is O=[N+]([O-])c1ccc(N(Nc2ccc([N+](=O)[O-])cc2S(=O)O)Nc2cc([N+](=O)[O-])ccc2S(=O)(=O)O)cc1. The molecule has 0 spiro atoms. The number of nitro groups is 3. The Labute approximate surface area is 208 Å². The number of benzene rings is 3. The second-order valence-electron chi connectivity index (χ2n) is 6.93. The van der Waals surface area contributed by atoms with Crippen molar-refractivity contribution in [2.45, 2.75) is 9.79 Å². The summed E-state index contributed by atoms with van der Waals surface area (Å²) in [5, 5.41) is 34.2. The highest BCUT2D eigenvalue weighted by molar-refractivity contribution is 7.86. The summed E-state index contributed by atoms with van der Waals surface area (Å²) in [7, 11) is -4.92. The molecular formula is C18H14N6O11S2. The molecule has 3 aromatic rings. The van der Waals surface area contributed by atoms with Gasteiger partial charge in [-0.1, -0.05) is 0 Å². The van der Waals surface area contributed by atoms with Gasteiger partial charge in [-0.2, -0.15) is 13.5 Å². The molecule has 0 heterocycles. The van der Waals surface area contributed by atoms with Gasteiger partial charge in [-0.05, 0) is 24.3 Å². The Morgan fingerprint density at radius 2 is 1.24 bits per heavy atom. The summed E-state index contributed by atoms with van der Waals surface area (Å²) < 4.78 is 54.8. The smallest absolute Gasteiger partial charge is 0.296 e. The molecule has 0 aliphatic rings. The summed E-state index contributed by atoms with van der Waals surface area (Å²) in [5.41, 5.74) is 2.86. The van der Waals surface area contributed by atoms with Gasteiger partial charge in [0.05, 0.1) is 36.7 Å². The molecule has 0 saturated carbocycles. The van der Waals surface area contributed by atoms with E-state index in [4.69, 9.17) is 0 Å². The van der Waals surface area contributed by atoms with Gasteiger partial charge >= 0.3 is 0 Å². The summed E-state index contributed by atoms with van der Waals surface area (Å²) >= 11 is -2.76. The Bertz CT molecular complexity index is 1530. The summed E-state index contributed by atoms with van der Waals surface area (Å²) in [6.07, 6.45) is 0. The molecule has 0 bridgehead atoms. The van der Waals surface area contributed by atoms with Crippen LogP contribution in [0.1, 0.15) is 0 Å². The van der Waals surface area contributed by atoms with Crippen molar-refractivity contribution in [2.75, 3.05) is 16.0 Å². The molecule has 0 aliphatic carbocycles. The number of non-ortho nitro benzene ring substituents is 3. The topological polar surface area (TPSA) is 248 Å². The van der Waals surface area contributed by atoms with Gasteiger partial charge in [-0.15, -0.1) is 0 Å². The summed E-state index contributed by atoms with van der Waals surface area (Å²) in [5.74, 6) is 0. The van der Waals surface area contributed by atoms with Crippen molar-refractivity contribution in [1.29, 1.82) is 0 Å². The van der Waals surface area contributed by atoms with Gasteiger partial charge in [0.25, 0.3) is 27.2 Å². The number of hydrogen-bond donors (Lipinski definition) is 4. The lowest BCUT2D eigenvalue weighted by atomic mass is 10.2. The Balaban J connectivity index is 2.16. The van der Waals surface area contributed by atoms with Crippen LogP contribution in [0, 0.1) is 30.3 Å². The van der Waals surface area contributed by atoms with Gasteiger partial charge in [0.1, 0.15) is 4.90 Å². The number of nitrogens with one attached hydrogen (secondary N) is 2. The number of nitro benzene ring substituents is 3. The summed E-state index contributed by atoms with van der Waals surface area (Å²) in [4.78, 5) is 29.7. The second kappa shape index (κ2) is 10.5. The molecule has 37 heavy (non-hydrogen) atoms. The fraction of sp³-hybridized carbons (Fsp3) is 0. The maximum absolute atomic E-state index is 11.9. The minimum Gasteiger partial charge on any atom is -0.302 e. The molecule has 0 aromatic heterocycles. The van der Waals surface area contributed by atoms with Crippen LogP contribution < -0.4 is 16.0 Å². The number of rotatable bonds is 10. The number of nitrogens with zero attached hydrogens (tertiary/aromatic N) is 4. The lowest BCUT2D eigenvalue weighted by molar-refractivity contribution is -0.385. The molecule has 19 heteroatoms. The van der Waals surface area contributed by atoms with E-state index in [1.54, 1.807) is 0 Å². The number of anilines is 3. The molecule has 1 atom stereocenters. The monoisotopic (exact) mass is 554 g/mol. The average molecular weight is 554 g/mol. The molecule has 3 rings (SSSR count). The minimum atomic E-state index is -4.92. The van der Waals surface area contributed by atoms with Crippen molar-refractivity contribution in [3.63, 3.8) is 0 Å². The van der Waals surface area contributed by atoms with Crippen LogP contribution >= 0.6 is 0 Å². The fourth-order valence-corrected chi connectivity index (χ4v) is 4.07. The standard InChI is InChI=1S/C18H14N6O11S2/c25-22(26)12-3-1-11(2-4-12)21(19-15-7-5-14(24(29)30)10-17(15)36(31)32)20-16-9-13(23(27)28)6-8-18(16)37(33,34)35/h1-10,19-20H,(H,31,32)(H,33,34,35). The van der Waals surface area contributed by atoms with Gasteiger partial charge in [-0.3, -0.25) is 45.7 Å².